The molecule has 4 nitrogen and oxygen atoms in total. The summed E-state index contributed by atoms with van der Waals surface area (Å²) in [5, 5.41) is 12.9. The molecule has 7 aromatic rings. The van der Waals surface area contributed by atoms with Crippen LogP contribution >= 0.6 is 11.3 Å². The molecule has 0 bridgehead atoms. The molecule has 61 heavy (non-hydrogen) atoms. The fraction of sp³-hybridized carbons (Fsp3) is 0.364. The number of benzene rings is 6. The summed E-state index contributed by atoms with van der Waals surface area (Å²) in [6.07, 6.45) is 22.5. The smallest absolute Gasteiger partial charge is 0.376 e. The molecule has 0 radical (unpaired) electrons. The molecule has 1 heterocycles. The maximum Gasteiger partial charge on any atom is 2.00 e. The predicted octanol–water partition coefficient (Wildman–Crippen LogP) is 15.6. The molecule has 1 aliphatic carbocycles. The third kappa shape index (κ3) is 12.8. The molecule has 8 rings (SSSR count). The van der Waals surface area contributed by atoms with Gasteiger partial charge in [-0.15, -0.1) is 41.3 Å². The van der Waals surface area contributed by atoms with E-state index in [4.69, 9.17) is 10.1 Å². The van der Waals surface area contributed by atoms with Crippen LogP contribution in [0.25, 0.3) is 42.9 Å². The zero-order chi connectivity index (χ0) is 41.5. The van der Waals surface area contributed by atoms with Gasteiger partial charge in [0.25, 0.3) is 0 Å². The molecule has 1 aliphatic rings. The van der Waals surface area contributed by atoms with Gasteiger partial charge in [-0.25, -0.2) is 15.1 Å². The Morgan fingerprint density at radius 2 is 1.46 bits per heavy atom. The number of unbranched alkanes of at least 4 members (excludes halogenated alkanes) is 7. The van der Waals surface area contributed by atoms with Crippen molar-refractivity contribution in [2.45, 2.75) is 117 Å². The molecular weight excluding hydrogens is 989 g/mol. The first kappa shape index (κ1) is 46.4. The van der Waals surface area contributed by atoms with Gasteiger partial charge in [0.2, 0.25) is 5.13 Å². The van der Waals surface area contributed by atoms with Gasteiger partial charge in [-0.3, -0.25) is 0 Å². The van der Waals surface area contributed by atoms with Gasteiger partial charge in [0, 0.05) is 11.9 Å². The monoisotopic (exact) mass is 1050 g/mol. The number of thiazole rings is 1. The average Bonchev–Trinajstić information content (AvgIpc) is 3.74. The molecule has 6 heteroatoms. The van der Waals surface area contributed by atoms with E-state index in [1.807, 2.05) is 42.8 Å². The average molecular weight is 1050 g/mol. The van der Waals surface area contributed by atoms with Crippen LogP contribution in [0.15, 0.2) is 120 Å². The van der Waals surface area contributed by atoms with E-state index in [-0.39, 0.29) is 31.1 Å². The van der Waals surface area contributed by atoms with Gasteiger partial charge < -0.3 is 4.79 Å². The number of anilines is 1. The van der Waals surface area contributed by atoms with Crippen molar-refractivity contribution in [3.05, 3.63) is 144 Å². The fourth-order valence-corrected chi connectivity index (χ4v) is 9.71. The first-order chi connectivity index (χ1) is 29.5. The van der Waals surface area contributed by atoms with Crippen molar-refractivity contribution >= 4 is 60.7 Å². The molecule has 1 saturated carbocycles. The van der Waals surface area contributed by atoms with Crippen molar-refractivity contribution in [3.8, 4) is 11.1 Å². The number of aromatic nitrogens is 1. The second-order valence-electron chi connectivity index (χ2n) is 16.8. The maximum atomic E-state index is 10.6. The van der Waals surface area contributed by atoms with Crippen LogP contribution in [-0.4, -0.2) is 24.0 Å². The van der Waals surface area contributed by atoms with Crippen molar-refractivity contribution in [1.82, 2.24) is 4.98 Å². The van der Waals surface area contributed by atoms with E-state index in [1.54, 1.807) is 11.3 Å². The van der Waals surface area contributed by atoms with Gasteiger partial charge in [-0.2, -0.15) is 17.7 Å². The van der Waals surface area contributed by atoms with Crippen LogP contribution in [-0.2, 0) is 4.79 Å². The van der Waals surface area contributed by atoms with Crippen LogP contribution in [0.1, 0.15) is 132 Å². The van der Waals surface area contributed by atoms with E-state index < -0.39 is 0 Å². The van der Waals surface area contributed by atoms with E-state index in [1.165, 1.54) is 126 Å². The van der Waals surface area contributed by atoms with Crippen molar-refractivity contribution in [1.29, 1.82) is 0 Å². The Kier molecular flexibility index (Phi) is 18.2. The largest absolute Gasteiger partial charge is 2.00 e. The van der Waals surface area contributed by atoms with E-state index in [0.717, 1.165) is 46.6 Å². The number of hydrazone groups is 1. The van der Waals surface area contributed by atoms with Gasteiger partial charge in [0.05, 0.1) is 16.5 Å². The van der Waals surface area contributed by atoms with Crippen LogP contribution in [0.3, 0.4) is 0 Å². The number of aryl methyl sites for hydroxylation is 1. The minimum Gasteiger partial charge on any atom is -0.376 e. The Morgan fingerprint density at radius 3 is 2.21 bits per heavy atom. The van der Waals surface area contributed by atoms with Gasteiger partial charge >= 0.3 is 31.1 Å². The summed E-state index contributed by atoms with van der Waals surface area (Å²) in [7, 11) is 0. The quantitative estimate of drug-likeness (QED) is 0.0395. The number of rotatable bonds is 17. The fourth-order valence-electron chi connectivity index (χ4n) is 8.75. The van der Waals surface area contributed by atoms with Crippen molar-refractivity contribution in [2.24, 2.45) is 11.0 Å². The van der Waals surface area contributed by atoms with Crippen molar-refractivity contribution < 1.29 is 35.9 Å². The van der Waals surface area contributed by atoms with Gasteiger partial charge in [0.15, 0.2) is 0 Å². The zero-order valence-electron chi connectivity index (χ0n) is 36.5. The Labute approximate surface area is 392 Å². The zero-order valence-corrected chi connectivity index (χ0v) is 41.4. The summed E-state index contributed by atoms with van der Waals surface area (Å²) < 4.78 is 1.20. The Bertz CT molecular complexity index is 2450. The summed E-state index contributed by atoms with van der Waals surface area (Å²) in [5.74, 6) is 1.71. The molecule has 0 spiro atoms. The number of hydrogen-bond acceptors (Lipinski definition) is 5. The predicted molar refractivity (Wildman–Crippen MR) is 258 cm³/mol. The summed E-state index contributed by atoms with van der Waals surface area (Å²) >= 11 is 1.72. The summed E-state index contributed by atoms with van der Waals surface area (Å²) in [6.45, 7) is 7.54. The maximum absolute atomic E-state index is 10.6. The summed E-state index contributed by atoms with van der Waals surface area (Å²) in [4.78, 5) is 15.7. The molecule has 6 aromatic carbocycles. The third-order valence-electron chi connectivity index (χ3n) is 12.3. The molecule has 0 atom stereocenters. The first-order valence-corrected chi connectivity index (χ1v) is 23.4. The molecule has 0 aliphatic heterocycles. The summed E-state index contributed by atoms with van der Waals surface area (Å²) in [5.41, 5.74) is 7.82. The minimum atomic E-state index is 0. The standard InChI is InChI=1S/C31H32N3S.C24H29O.U/c1-3-4-5-6-7-10-20-34(32-22-26-14-11-13-25-21-23(2)16-18-27(25)26)31-33-30-28-15-9-8-12-24(28)17-19-29(30)35-31;1-2-3-4-5-19-6-10-21(11-7-19)23-14-16-24(17-15-23)22-12-8-20(18-25)9-13-22;/h8-9,11-13,15-19,21-22H,3-7,10,20H2,1-2H3;8-9,12-17,19,21H,2-7,10-11H2,1H3;/q2*-1;+2/b32-22+;;. The molecule has 312 valence electrons. The first-order valence-electron chi connectivity index (χ1n) is 22.6. The normalized spacial score (nSPS) is 15.1. The van der Waals surface area contributed by atoms with E-state index in [0.29, 0.717) is 5.56 Å². The molecule has 1 aromatic heterocycles. The summed E-state index contributed by atoms with van der Waals surface area (Å²) in [6, 6.07) is 43.6. The number of carbonyl (C=O) groups excluding carboxylic acids is 1. The van der Waals surface area contributed by atoms with Crippen molar-refractivity contribution in [3.63, 3.8) is 0 Å². The van der Waals surface area contributed by atoms with Crippen LogP contribution in [0.2, 0.25) is 0 Å². The minimum absolute atomic E-state index is 0. The van der Waals surface area contributed by atoms with Gasteiger partial charge in [-0.05, 0) is 85.2 Å². The Balaban J connectivity index is 0.000000212. The van der Waals surface area contributed by atoms with E-state index >= 15 is 0 Å². The SMILES string of the molecule is CCCCCC1CCC(c2ccc(-c3ccc([C-]=O)cc3)cc2)CC1.CCCCCCCCN(/N=C/c1[c-]ccc2cc(C)ccc12)c1nc2c(ccc3ccccc32)s1.[U+2]. The van der Waals surface area contributed by atoms with Crippen LogP contribution < -0.4 is 5.01 Å². The van der Waals surface area contributed by atoms with Gasteiger partial charge in [-0.1, -0.05) is 167 Å². The Morgan fingerprint density at radius 1 is 0.754 bits per heavy atom. The van der Waals surface area contributed by atoms with Crippen LogP contribution in [0.4, 0.5) is 5.13 Å². The topological polar surface area (TPSA) is 45.6 Å². The van der Waals surface area contributed by atoms with E-state index in [2.05, 4.69) is 117 Å². The third-order valence-corrected chi connectivity index (χ3v) is 13.4. The molecular formula is C55H61N3OSU. The number of nitrogens with zero attached hydrogens (tertiary/aromatic N) is 3. The molecule has 0 saturated heterocycles. The number of fused-ring (bicyclic) bond motifs is 4. The molecule has 1 fully saturated rings. The van der Waals surface area contributed by atoms with Gasteiger partial charge in [0.1, 0.15) is 0 Å². The number of hydrogen-bond donors (Lipinski definition) is 0. The molecule has 0 amide bonds. The molecule has 0 N–H and O–H groups in total. The Hall–Kier alpha value is -4.08. The molecule has 0 unspecified atom stereocenters. The van der Waals surface area contributed by atoms with E-state index in [9.17, 15) is 4.79 Å². The van der Waals surface area contributed by atoms with Crippen molar-refractivity contribution in [2.75, 3.05) is 11.6 Å². The van der Waals surface area contributed by atoms with Crippen LogP contribution in [0.5, 0.6) is 0 Å². The van der Waals surface area contributed by atoms with Crippen LogP contribution in [0, 0.1) is 50.0 Å². The second-order valence-corrected chi connectivity index (χ2v) is 17.8. The second kappa shape index (κ2) is 24.0.